The Kier molecular flexibility index (Phi) is 8.58. The standard InChI is InChI=1S/C24H43N2.Rb/c1-4-21-5-7-23(8-6-21)9-13-25(14-10-23)19-22-17-24(18-22)11-15-26(16-12-24)20(2)3;/h20-21H,4-19H2,1-3H3;/q-1;+1. The second-order valence-electron chi connectivity index (χ2n) is 10.9. The van der Waals surface area contributed by atoms with Crippen molar-refractivity contribution >= 4 is 0 Å². The molecule has 0 aromatic carbocycles. The fourth-order valence-electron chi connectivity index (χ4n) is 6.69. The predicted molar refractivity (Wildman–Crippen MR) is 111 cm³/mol. The SMILES string of the molecule is CCC1CCC2(CC1)CCN(C[C-]1CC3(CCN(C(C)C)CC3)C1)CC2.[Rb+]. The molecule has 2 aliphatic carbocycles. The first-order valence-electron chi connectivity index (χ1n) is 11.8. The molecular weight excluding hydrogens is 402 g/mol. The van der Waals surface area contributed by atoms with Crippen molar-refractivity contribution in [3.63, 3.8) is 0 Å². The van der Waals surface area contributed by atoms with Gasteiger partial charge < -0.3 is 9.80 Å². The molecule has 27 heavy (non-hydrogen) atoms. The largest absolute Gasteiger partial charge is 1.00 e. The van der Waals surface area contributed by atoms with Gasteiger partial charge >= 0.3 is 58.2 Å². The third kappa shape index (κ3) is 5.51. The number of piperidine rings is 2. The molecule has 0 unspecified atom stereocenters. The van der Waals surface area contributed by atoms with Crippen molar-refractivity contribution in [1.82, 2.24) is 9.80 Å². The molecular formula is C24H43N2Rb. The fourth-order valence-corrected chi connectivity index (χ4v) is 6.69. The van der Waals surface area contributed by atoms with E-state index in [-0.39, 0.29) is 58.2 Å². The summed E-state index contributed by atoms with van der Waals surface area (Å²) < 4.78 is 0. The molecule has 0 atom stereocenters. The first-order valence-corrected chi connectivity index (χ1v) is 11.8. The van der Waals surface area contributed by atoms with Crippen LogP contribution in [0.25, 0.3) is 0 Å². The molecule has 2 nitrogen and oxygen atoms in total. The second-order valence-corrected chi connectivity index (χ2v) is 10.9. The molecule has 0 bridgehead atoms. The van der Waals surface area contributed by atoms with Crippen LogP contribution in [0.2, 0.25) is 0 Å². The Labute approximate surface area is 218 Å². The molecule has 0 aromatic heterocycles. The van der Waals surface area contributed by atoms with Gasteiger partial charge in [0, 0.05) is 6.04 Å². The molecule has 2 heterocycles. The van der Waals surface area contributed by atoms with E-state index in [2.05, 4.69) is 30.6 Å². The molecule has 0 N–H and O–H groups in total. The third-order valence-corrected chi connectivity index (χ3v) is 8.95. The summed E-state index contributed by atoms with van der Waals surface area (Å²) in [6.07, 6.45) is 16.3. The number of hydrogen-bond acceptors (Lipinski definition) is 2. The van der Waals surface area contributed by atoms with Crippen molar-refractivity contribution in [2.45, 2.75) is 97.4 Å². The summed E-state index contributed by atoms with van der Waals surface area (Å²) in [4.78, 5) is 5.49. The quantitative estimate of drug-likeness (QED) is 0.615. The Bertz CT molecular complexity index is 443. The summed E-state index contributed by atoms with van der Waals surface area (Å²) in [5, 5.41) is 0. The molecule has 0 radical (unpaired) electrons. The van der Waals surface area contributed by atoms with Crippen LogP contribution < -0.4 is 58.2 Å². The van der Waals surface area contributed by atoms with Gasteiger partial charge in [0.1, 0.15) is 0 Å². The molecule has 0 aromatic rings. The van der Waals surface area contributed by atoms with Crippen LogP contribution in [-0.2, 0) is 0 Å². The minimum atomic E-state index is 0. The maximum absolute atomic E-state index is 2.81. The Hall–Kier alpha value is 1.73. The third-order valence-electron chi connectivity index (χ3n) is 8.95. The van der Waals surface area contributed by atoms with Gasteiger partial charge in [-0.25, -0.2) is 0 Å². The number of hydrogen-bond donors (Lipinski definition) is 0. The van der Waals surface area contributed by atoms with E-state index >= 15 is 0 Å². The first kappa shape index (κ1) is 23.4. The minimum absolute atomic E-state index is 0. The number of nitrogens with zero attached hydrogens (tertiary/aromatic N) is 2. The van der Waals surface area contributed by atoms with Gasteiger partial charge in [0.15, 0.2) is 0 Å². The maximum atomic E-state index is 2.81. The van der Waals surface area contributed by atoms with E-state index in [1.54, 1.807) is 0 Å². The van der Waals surface area contributed by atoms with Crippen LogP contribution >= 0.6 is 0 Å². The molecule has 2 saturated heterocycles. The van der Waals surface area contributed by atoms with E-state index < -0.39 is 0 Å². The van der Waals surface area contributed by atoms with E-state index in [0.29, 0.717) is 0 Å². The summed E-state index contributed by atoms with van der Waals surface area (Å²) in [7, 11) is 0. The van der Waals surface area contributed by atoms with Gasteiger partial charge in [-0.3, -0.25) is 5.92 Å². The normalized spacial score (nSPS) is 29.8. The summed E-state index contributed by atoms with van der Waals surface area (Å²) in [5.41, 5.74) is 1.47. The summed E-state index contributed by atoms with van der Waals surface area (Å²) in [6, 6.07) is 0.740. The van der Waals surface area contributed by atoms with Crippen molar-refractivity contribution in [3.8, 4) is 0 Å². The zero-order valence-electron chi connectivity index (χ0n) is 18.9. The van der Waals surface area contributed by atoms with E-state index in [9.17, 15) is 0 Å². The Morgan fingerprint density at radius 3 is 1.93 bits per heavy atom. The van der Waals surface area contributed by atoms with Crippen molar-refractivity contribution in [2.75, 3.05) is 32.7 Å². The first-order chi connectivity index (χ1) is 12.5. The Morgan fingerprint density at radius 1 is 0.852 bits per heavy atom. The van der Waals surface area contributed by atoms with Gasteiger partial charge in [0.05, 0.1) is 0 Å². The molecule has 4 rings (SSSR count). The Morgan fingerprint density at radius 2 is 1.41 bits per heavy atom. The molecule has 3 heteroatoms. The topological polar surface area (TPSA) is 6.48 Å². The fraction of sp³-hybridized carbons (Fsp3) is 0.958. The molecule has 2 aliphatic heterocycles. The van der Waals surface area contributed by atoms with Gasteiger partial charge in [-0.1, -0.05) is 18.8 Å². The molecule has 2 saturated carbocycles. The number of likely N-dealkylation sites (tertiary alicyclic amines) is 2. The van der Waals surface area contributed by atoms with Crippen LogP contribution in [0.4, 0.5) is 0 Å². The molecule has 150 valence electrons. The van der Waals surface area contributed by atoms with Crippen LogP contribution in [0.3, 0.4) is 0 Å². The number of rotatable bonds is 4. The van der Waals surface area contributed by atoms with Crippen molar-refractivity contribution in [2.24, 2.45) is 16.7 Å². The maximum Gasteiger partial charge on any atom is 1.00 e. The molecule has 4 fully saturated rings. The van der Waals surface area contributed by atoms with Gasteiger partial charge in [0.25, 0.3) is 0 Å². The molecule has 0 amide bonds. The van der Waals surface area contributed by atoms with Crippen LogP contribution in [-0.4, -0.2) is 48.6 Å². The van der Waals surface area contributed by atoms with Crippen LogP contribution in [0, 0.1) is 22.7 Å². The molecule has 4 aliphatic rings. The van der Waals surface area contributed by atoms with Crippen LogP contribution in [0.15, 0.2) is 0 Å². The second kappa shape index (κ2) is 9.90. The van der Waals surface area contributed by atoms with Gasteiger partial charge in [-0.15, -0.1) is 6.54 Å². The smallest absolute Gasteiger partial charge is 0.332 e. The molecule has 2 spiro atoms. The predicted octanol–water partition coefficient (Wildman–Crippen LogP) is 2.53. The summed E-state index contributed by atoms with van der Waals surface area (Å²) >= 11 is 0. The van der Waals surface area contributed by atoms with Crippen LogP contribution in [0.5, 0.6) is 0 Å². The van der Waals surface area contributed by atoms with Crippen molar-refractivity contribution < 1.29 is 58.2 Å². The summed E-state index contributed by atoms with van der Waals surface area (Å²) in [5.74, 6) is 2.93. The van der Waals surface area contributed by atoms with Gasteiger partial charge in [-0.05, 0) is 103 Å². The monoisotopic (exact) mass is 444 g/mol. The van der Waals surface area contributed by atoms with Crippen LogP contribution in [0.1, 0.15) is 91.4 Å². The summed E-state index contributed by atoms with van der Waals surface area (Å²) in [6.45, 7) is 13.9. The van der Waals surface area contributed by atoms with E-state index in [1.165, 1.54) is 103 Å². The minimum Gasteiger partial charge on any atom is -0.332 e. The van der Waals surface area contributed by atoms with Gasteiger partial charge in [0.2, 0.25) is 0 Å². The van der Waals surface area contributed by atoms with E-state index in [1.807, 2.05) is 5.92 Å². The average molecular weight is 445 g/mol. The zero-order chi connectivity index (χ0) is 18.2. The van der Waals surface area contributed by atoms with E-state index in [0.717, 1.165) is 22.8 Å². The zero-order valence-corrected chi connectivity index (χ0v) is 23.8. The van der Waals surface area contributed by atoms with E-state index in [4.69, 9.17) is 0 Å². The van der Waals surface area contributed by atoms with Crippen molar-refractivity contribution in [3.05, 3.63) is 5.92 Å². The Balaban J connectivity index is 0.00000210. The van der Waals surface area contributed by atoms with Gasteiger partial charge in [-0.2, -0.15) is 12.8 Å². The average Bonchev–Trinajstić information content (AvgIpc) is 2.63. The van der Waals surface area contributed by atoms with Crippen molar-refractivity contribution in [1.29, 1.82) is 0 Å².